The average Bonchev–Trinajstić information content (AvgIpc) is 2.53. The van der Waals surface area contributed by atoms with E-state index in [-0.39, 0.29) is 23.2 Å². The number of nitro benzene ring substituents is 1. The molecule has 0 heterocycles. The lowest BCUT2D eigenvalue weighted by Gasteiger charge is -2.38. The summed E-state index contributed by atoms with van der Waals surface area (Å²) in [7, 11) is 0. The molecule has 0 bridgehead atoms. The van der Waals surface area contributed by atoms with Gasteiger partial charge in [-0.1, -0.05) is 41.4 Å². The third-order valence-corrected chi connectivity index (χ3v) is 4.86. The van der Waals surface area contributed by atoms with Crippen molar-refractivity contribution >= 4 is 34.8 Å². The van der Waals surface area contributed by atoms with Crippen molar-refractivity contribution in [1.82, 2.24) is 5.32 Å². The van der Waals surface area contributed by atoms with Crippen LogP contribution in [0, 0.1) is 10.1 Å². The van der Waals surface area contributed by atoms with Gasteiger partial charge in [0.2, 0.25) is 0 Å². The number of nitrogens with one attached hydrogen (secondary N) is 1. The Kier molecular flexibility index (Phi) is 4.73. The zero-order valence-corrected chi connectivity index (χ0v) is 14.1. The fourth-order valence-corrected chi connectivity index (χ4v) is 3.47. The number of carbonyl (C=O) groups excluding carboxylic acids is 1. The van der Waals surface area contributed by atoms with E-state index in [2.05, 4.69) is 5.32 Å². The first-order valence-corrected chi connectivity index (χ1v) is 8.22. The molecule has 1 amide bonds. The van der Waals surface area contributed by atoms with Crippen molar-refractivity contribution in [1.29, 1.82) is 0 Å². The van der Waals surface area contributed by atoms with Crippen molar-refractivity contribution in [3.8, 4) is 0 Å². The number of halogens is 2. The summed E-state index contributed by atoms with van der Waals surface area (Å²) < 4.78 is 0. The van der Waals surface area contributed by atoms with Crippen LogP contribution in [0.15, 0.2) is 42.5 Å². The molecule has 7 heteroatoms. The molecule has 1 fully saturated rings. The molecular weight excluding hydrogens is 351 g/mol. The molecule has 5 nitrogen and oxygen atoms in total. The van der Waals surface area contributed by atoms with E-state index in [9.17, 15) is 14.9 Å². The molecule has 0 unspecified atom stereocenters. The average molecular weight is 365 g/mol. The van der Waals surface area contributed by atoms with Crippen molar-refractivity contribution in [2.75, 3.05) is 0 Å². The summed E-state index contributed by atoms with van der Waals surface area (Å²) in [5.74, 6) is -0.358. The highest BCUT2D eigenvalue weighted by Gasteiger charge is 2.35. The van der Waals surface area contributed by atoms with Gasteiger partial charge < -0.3 is 5.32 Å². The lowest BCUT2D eigenvalue weighted by atomic mass is 9.75. The van der Waals surface area contributed by atoms with Crippen LogP contribution in [-0.2, 0) is 0 Å². The maximum Gasteiger partial charge on any atom is 0.282 e. The third kappa shape index (κ3) is 3.23. The quantitative estimate of drug-likeness (QED) is 0.637. The van der Waals surface area contributed by atoms with Crippen LogP contribution in [0.4, 0.5) is 5.69 Å². The SMILES string of the molecule is O=C(N[C@@H]1CC[C@H]1c1ccc(Cl)cc1Cl)c1ccccc1[N+](=O)[O-]. The lowest BCUT2D eigenvalue weighted by molar-refractivity contribution is -0.385. The van der Waals surface area contributed by atoms with Gasteiger partial charge in [0.1, 0.15) is 5.56 Å². The van der Waals surface area contributed by atoms with Gasteiger partial charge in [0.15, 0.2) is 0 Å². The summed E-state index contributed by atoms with van der Waals surface area (Å²) >= 11 is 12.1. The van der Waals surface area contributed by atoms with E-state index in [0.29, 0.717) is 10.0 Å². The topological polar surface area (TPSA) is 72.2 Å². The maximum absolute atomic E-state index is 12.4. The minimum Gasteiger partial charge on any atom is -0.348 e. The van der Waals surface area contributed by atoms with Crippen LogP contribution in [0.2, 0.25) is 10.0 Å². The molecule has 2 aromatic rings. The molecular formula is C17H14Cl2N2O3. The summed E-state index contributed by atoms with van der Waals surface area (Å²) in [6, 6.07) is 11.1. The molecule has 24 heavy (non-hydrogen) atoms. The summed E-state index contributed by atoms with van der Waals surface area (Å²) in [5, 5.41) is 15.1. The first kappa shape index (κ1) is 16.7. The van der Waals surface area contributed by atoms with E-state index in [1.165, 1.54) is 18.2 Å². The number of amides is 1. The number of nitro groups is 1. The fraction of sp³-hybridized carbons (Fsp3) is 0.235. The number of hydrogen-bond acceptors (Lipinski definition) is 3. The Balaban J connectivity index is 1.77. The Hall–Kier alpha value is -2.11. The number of benzene rings is 2. The number of carbonyl (C=O) groups is 1. The van der Waals surface area contributed by atoms with Gasteiger partial charge in [-0.3, -0.25) is 14.9 Å². The molecule has 0 aromatic heterocycles. The van der Waals surface area contributed by atoms with Crippen molar-refractivity contribution < 1.29 is 9.72 Å². The number of hydrogen-bond donors (Lipinski definition) is 1. The van der Waals surface area contributed by atoms with Gasteiger partial charge >= 0.3 is 0 Å². The molecule has 1 N–H and O–H groups in total. The Morgan fingerprint density at radius 2 is 1.92 bits per heavy atom. The van der Waals surface area contributed by atoms with Crippen LogP contribution >= 0.6 is 23.2 Å². The van der Waals surface area contributed by atoms with E-state index in [4.69, 9.17) is 23.2 Å². The van der Waals surface area contributed by atoms with Gasteiger partial charge in [-0.2, -0.15) is 0 Å². The van der Waals surface area contributed by atoms with E-state index in [1.54, 1.807) is 18.2 Å². The van der Waals surface area contributed by atoms with E-state index < -0.39 is 10.8 Å². The molecule has 2 atom stereocenters. The Morgan fingerprint density at radius 1 is 1.17 bits per heavy atom. The fourth-order valence-electron chi connectivity index (χ4n) is 2.92. The maximum atomic E-state index is 12.4. The highest BCUT2D eigenvalue weighted by Crippen LogP contribution is 2.41. The number of para-hydroxylation sites is 1. The number of nitrogens with zero attached hydrogens (tertiary/aromatic N) is 1. The second kappa shape index (κ2) is 6.79. The molecule has 1 aliphatic carbocycles. The molecule has 0 saturated heterocycles. The van der Waals surface area contributed by atoms with Crippen LogP contribution in [0.3, 0.4) is 0 Å². The van der Waals surface area contributed by atoms with Gasteiger partial charge in [-0.25, -0.2) is 0 Å². The van der Waals surface area contributed by atoms with Crippen LogP contribution in [0.25, 0.3) is 0 Å². The highest BCUT2D eigenvalue weighted by atomic mass is 35.5. The standard InChI is InChI=1S/C17H14Cl2N2O3/c18-10-5-6-11(14(19)9-10)12-7-8-15(12)20-17(22)13-3-1-2-4-16(13)21(23)24/h1-6,9,12,15H,7-8H2,(H,20,22)/t12-,15+/m0/s1. The van der Waals surface area contributed by atoms with Crippen molar-refractivity contribution in [3.05, 3.63) is 73.8 Å². The van der Waals surface area contributed by atoms with Crippen LogP contribution in [-0.4, -0.2) is 16.9 Å². The van der Waals surface area contributed by atoms with Gasteiger partial charge in [0.05, 0.1) is 4.92 Å². The molecule has 3 rings (SSSR count). The predicted molar refractivity (Wildman–Crippen MR) is 92.8 cm³/mol. The smallest absolute Gasteiger partial charge is 0.282 e. The van der Waals surface area contributed by atoms with Crippen molar-refractivity contribution in [2.45, 2.75) is 24.8 Å². The first-order chi connectivity index (χ1) is 11.5. The normalized spacial score (nSPS) is 19.4. The summed E-state index contributed by atoms with van der Waals surface area (Å²) in [5.41, 5.74) is 0.797. The molecule has 0 spiro atoms. The molecule has 1 aliphatic rings. The summed E-state index contributed by atoms with van der Waals surface area (Å²) in [4.78, 5) is 22.9. The number of rotatable bonds is 4. The van der Waals surface area contributed by atoms with E-state index in [0.717, 1.165) is 18.4 Å². The molecule has 2 aromatic carbocycles. The lowest BCUT2D eigenvalue weighted by Crippen LogP contribution is -2.45. The molecule has 0 radical (unpaired) electrons. The third-order valence-electron chi connectivity index (χ3n) is 4.30. The summed E-state index contributed by atoms with van der Waals surface area (Å²) in [6.07, 6.45) is 1.69. The largest absolute Gasteiger partial charge is 0.348 e. The van der Waals surface area contributed by atoms with Crippen LogP contribution in [0.1, 0.15) is 34.7 Å². The first-order valence-electron chi connectivity index (χ1n) is 7.46. The summed E-state index contributed by atoms with van der Waals surface area (Å²) in [6.45, 7) is 0. The second-order valence-electron chi connectivity index (χ2n) is 5.70. The van der Waals surface area contributed by atoms with E-state index in [1.807, 2.05) is 6.07 Å². The van der Waals surface area contributed by atoms with Crippen molar-refractivity contribution in [2.24, 2.45) is 0 Å². The monoisotopic (exact) mass is 364 g/mol. The van der Waals surface area contributed by atoms with Gasteiger partial charge in [0, 0.05) is 28.1 Å². The van der Waals surface area contributed by atoms with Gasteiger partial charge in [0.25, 0.3) is 11.6 Å². The van der Waals surface area contributed by atoms with E-state index >= 15 is 0 Å². The van der Waals surface area contributed by atoms with Gasteiger partial charge in [-0.15, -0.1) is 0 Å². The highest BCUT2D eigenvalue weighted by molar-refractivity contribution is 6.35. The Bertz CT molecular complexity index is 810. The Labute approximate surface area is 148 Å². The zero-order chi connectivity index (χ0) is 17.3. The van der Waals surface area contributed by atoms with Crippen molar-refractivity contribution in [3.63, 3.8) is 0 Å². The van der Waals surface area contributed by atoms with Gasteiger partial charge in [-0.05, 0) is 36.6 Å². The van der Waals surface area contributed by atoms with Crippen LogP contribution in [0.5, 0.6) is 0 Å². The second-order valence-corrected chi connectivity index (χ2v) is 6.55. The minimum absolute atomic E-state index is 0.0651. The molecule has 0 aliphatic heterocycles. The minimum atomic E-state index is -0.552. The molecule has 1 saturated carbocycles. The Morgan fingerprint density at radius 3 is 2.54 bits per heavy atom. The van der Waals surface area contributed by atoms with Crippen LogP contribution < -0.4 is 5.32 Å². The zero-order valence-electron chi connectivity index (χ0n) is 12.5. The predicted octanol–water partition coefficient (Wildman–Crippen LogP) is 4.58. The molecule has 124 valence electrons.